The molecule has 3 rings (SSSR count). The van der Waals surface area contributed by atoms with Gasteiger partial charge in [0.05, 0.1) is 5.02 Å². The summed E-state index contributed by atoms with van der Waals surface area (Å²) in [4.78, 5) is 12.5. The minimum Gasteiger partial charge on any atom is -0.322 e. The molecular weight excluding hydrogens is 407 g/mol. The van der Waals surface area contributed by atoms with Crippen LogP contribution in [-0.4, -0.2) is 31.7 Å². The fourth-order valence-corrected chi connectivity index (χ4v) is 5.24. The van der Waals surface area contributed by atoms with Gasteiger partial charge in [0, 0.05) is 29.4 Å². The van der Waals surface area contributed by atoms with E-state index in [1.54, 1.807) is 24.3 Å². The molecule has 0 unspecified atom stereocenters. The number of rotatable bonds is 4. The lowest BCUT2D eigenvalue weighted by molar-refractivity contribution is 0.102. The Balaban J connectivity index is 1.88. The van der Waals surface area contributed by atoms with E-state index in [2.05, 4.69) is 5.32 Å². The highest BCUT2D eigenvalue weighted by atomic mass is 35.5. The highest BCUT2D eigenvalue weighted by Crippen LogP contribution is 2.28. The van der Waals surface area contributed by atoms with E-state index in [-0.39, 0.29) is 15.5 Å². The summed E-state index contributed by atoms with van der Waals surface area (Å²) in [7, 11) is -3.75. The number of sulfonamides is 1. The maximum Gasteiger partial charge on any atom is 0.255 e. The van der Waals surface area contributed by atoms with Gasteiger partial charge in [0.2, 0.25) is 10.0 Å². The Bertz CT molecular complexity index is 940. The Morgan fingerprint density at radius 3 is 2.33 bits per heavy atom. The summed E-state index contributed by atoms with van der Waals surface area (Å²) in [5.74, 6) is -0.429. The van der Waals surface area contributed by atoms with Crippen molar-refractivity contribution in [2.45, 2.75) is 30.6 Å². The first kappa shape index (κ1) is 20.1. The average molecular weight is 427 g/mol. The second-order valence-electron chi connectivity index (χ2n) is 6.43. The van der Waals surface area contributed by atoms with E-state index >= 15 is 0 Å². The second-order valence-corrected chi connectivity index (χ2v) is 9.18. The molecule has 0 aliphatic carbocycles. The van der Waals surface area contributed by atoms with E-state index in [0.717, 1.165) is 25.7 Å². The van der Waals surface area contributed by atoms with Crippen molar-refractivity contribution in [3.05, 3.63) is 58.1 Å². The van der Waals surface area contributed by atoms with E-state index in [1.807, 2.05) is 0 Å². The predicted molar refractivity (Wildman–Crippen MR) is 108 cm³/mol. The summed E-state index contributed by atoms with van der Waals surface area (Å²) in [5, 5.41) is 3.32. The van der Waals surface area contributed by atoms with Crippen molar-refractivity contribution < 1.29 is 13.2 Å². The number of hydrogen-bond acceptors (Lipinski definition) is 3. The van der Waals surface area contributed by atoms with Gasteiger partial charge in [-0.3, -0.25) is 4.79 Å². The number of amides is 1. The minimum atomic E-state index is -3.75. The predicted octanol–water partition coefficient (Wildman–Crippen LogP) is 4.81. The summed E-state index contributed by atoms with van der Waals surface area (Å²) >= 11 is 12.1. The molecule has 0 saturated carbocycles. The Morgan fingerprint density at radius 2 is 1.67 bits per heavy atom. The first-order chi connectivity index (χ1) is 12.9. The molecule has 0 atom stereocenters. The zero-order chi connectivity index (χ0) is 19.4. The molecule has 8 heteroatoms. The standard InChI is InChI=1S/C19H20Cl2N2O3S/c20-15-6-5-7-16(13-15)22-19(24)14-8-9-17(21)18(12-14)27(25,26)23-10-3-1-2-4-11-23/h5-9,12-13H,1-4,10-11H2,(H,22,24). The quantitative estimate of drug-likeness (QED) is 0.762. The van der Waals surface area contributed by atoms with Crippen molar-refractivity contribution in [2.24, 2.45) is 0 Å². The summed E-state index contributed by atoms with van der Waals surface area (Å²) < 4.78 is 27.5. The number of halogens is 2. The van der Waals surface area contributed by atoms with Crippen molar-refractivity contribution in [3.8, 4) is 0 Å². The molecule has 0 spiro atoms. The van der Waals surface area contributed by atoms with E-state index in [1.165, 1.54) is 22.5 Å². The van der Waals surface area contributed by atoms with Gasteiger partial charge in [-0.05, 0) is 49.2 Å². The van der Waals surface area contributed by atoms with Crippen LogP contribution in [0.15, 0.2) is 47.4 Å². The largest absolute Gasteiger partial charge is 0.322 e. The highest BCUT2D eigenvalue weighted by Gasteiger charge is 2.28. The average Bonchev–Trinajstić information content (AvgIpc) is 2.92. The molecule has 1 aliphatic rings. The van der Waals surface area contributed by atoms with Gasteiger partial charge >= 0.3 is 0 Å². The molecule has 144 valence electrons. The van der Waals surface area contributed by atoms with Crippen molar-refractivity contribution in [1.82, 2.24) is 4.31 Å². The van der Waals surface area contributed by atoms with Gasteiger partial charge in [0.1, 0.15) is 4.90 Å². The molecule has 1 amide bonds. The maximum absolute atomic E-state index is 13.0. The fraction of sp³-hybridized carbons (Fsp3) is 0.316. The third-order valence-electron chi connectivity index (χ3n) is 4.46. The monoisotopic (exact) mass is 426 g/mol. The summed E-state index contributed by atoms with van der Waals surface area (Å²) in [6.45, 7) is 0.940. The number of nitrogens with one attached hydrogen (secondary N) is 1. The van der Waals surface area contributed by atoms with Crippen LogP contribution >= 0.6 is 23.2 Å². The lowest BCUT2D eigenvalue weighted by Crippen LogP contribution is -2.32. The van der Waals surface area contributed by atoms with Crippen LogP contribution < -0.4 is 5.32 Å². The van der Waals surface area contributed by atoms with Crippen LogP contribution in [-0.2, 0) is 10.0 Å². The first-order valence-corrected chi connectivity index (χ1v) is 10.9. The van der Waals surface area contributed by atoms with Gasteiger partial charge in [-0.2, -0.15) is 4.31 Å². The van der Waals surface area contributed by atoms with Gasteiger partial charge in [0.25, 0.3) is 5.91 Å². The molecule has 1 saturated heterocycles. The van der Waals surface area contributed by atoms with Crippen LogP contribution in [0.25, 0.3) is 0 Å². The van der Waals surface area contributed by atoms with Crippen LogP contribution in [0.4, 0.5) is 5.69 Å². The van der Waals surface area contributed by atoms with E-state index in [0.29, 0.717) is 23.8 Å². The van der Waals surface area contributed by atoms with Crippen molar-refractivity contribution in [2.75, 3.05) is 18.4 Å². The van der Waals surface area contributed by atoms with Crippen LogP contribution in [0.5, 0.6) is 0 Å². The molecule has 5 nitrogen and oxygen atoms in total. The highest BCUT2D eigenvalue weighted by molar-refractivity contribution is 7.89. The van der Waals surface area contributed by atoms with Gasteiger partial charge < -0.3 is 5.32 Å². The lowest BCUT2D eigenvalue weighted by Gasteiger charge is -2.21. The Kier molecular flexibility index (Phi) is 6.42. The molecule has 0 radical (unpaired) electrons. The number of benzene rings is 2. The topological polar surface area (TPSA) is 66.5 Å². The number of carbonyl (C=O) groups is 1. The van der Waals surface area contributed by atoms with Crippen LogP contribution in [0.3, 0.4) is 0 Å². The van der Waals surface area contributed by atoms with Crippen LogP contribution in [0.2, 0.25) is 10.0 Å². The third kappa shape index (κ3) is 4.82. The van der Waals surface area contributed by atoms with E-state index < -0.39 is 15.9 Å². The molecule has 2 aromatic carbocycles. The lowest BCUT2D eigenvalue weighted by atomic mass is 10.2. The van der Waals surface area contributed by atoms with Gasteiger partial charge in [-0.15, -0.1) is 0 Å². The SMILES string of the molecule is O=C(Nc1cccc(Cl)c1)c1ccc(Cl)c(S(=O)(=O)N2CCCCCC2)c1. The summed E-state index contributed by atoms with van der Waals surface area (Å²) in [5.41, 5.74) is 0.743. The van der Waals surface area contributed by atoms with Gasteiger partial charge in [-0.1, -0.05) is 42.1 Å². The molecule has 1 heterocycles. The number of anilines is 1. The third-order valence-corrected chi connectivity index (χ3v) is 7.07. The van der Waals surface area contributed by atoms with E-state index in [9.17, 15) is 13.2 Å². The Labute approximate surface area is 169 Å². The molecule has 0 bridgehead atoms. The van der Waals surface area contributed by atoms with Crippen LogP contribution in [0, 0.1) is 0 Å². The Hall–Kier alpha value is -1.60. The second kappa shape index (κ2) is 8.61. The van der Waals surface area contributed by atoms with Crippen molar-refractivity contribution in [3.63, 3.8) is 0 Å². The first-order valence-electron chi connectivity index (χ1n) is 8.74. The number of nitrogens with zero attached hydrogens (tertiary/aromatic N) is 1. The van der Waals surface area contributed by atoms with E-state index in [4.69, 9.17) is 23.2 Å². The normalized spacial score (nSPS) is 15.9. The molecule has 1 aliphatic heterocycles. The molecule has 2 aromatic rings. The Morgan fingerprint density at radius 1 is 0.963 bits per heavy atom. The molecular formula is C19H20Cl2N2O3S. The number of hydrogen-bond donors (Lipinski definition) is 1. The summed E-state index contributed by atoms with van der Waals surface area (Å²) in [6.07, 6.45) is 3.68. The van der Waals surface area contributed by atoms with Crippen molar-refractivity contribution in [1.29, 1.82) is 0 Å². The zero-order valence-electron chi connectivity index (χ0n) is 14.6. The molecule has 0 aromatic heterocycles. The van der Waals surface area contributed by atoms with Crippen LogP contribution in [0.1, 0.15) is 36.0 Å². The molecule has 1 fully saturated rings. The fourth-order valence-electron chi connectivity index (χ4n) is 3.03. The molecule has 27 heavy (non-hydrogen) atoms. The zero-order valence-corrected chi connectivity index (χ0v) is 16.9. The maximum atomic E-state index is 13.0. The smallest absolute Gasteiger partial charge is 0.255 e. The van der Waals surface area contributed by atoms with Crippen molar-refractivity contribution >= 4 is 44.8 Å². The van der Waals surface area contributed by atoms with Gasteiger partial charge in [-0.25, -0.2) is 8.42 Å². The van der Waals surface area contributed by atoms with Gasteiger partial charge in [0.15, 0.2) is 0 Å². The molecule has 1 N–H and O–H groups in total. The minimum absolute atomic E-state index is 0.0372. The number of carbonyl (C=O) groups excluding carboxylic acids is 1. The summed E-state index contributed by atoms with van der Waals surface area (Å²) in [6, 6.07) is 11.0.